The molecular formula is C13H13N5O. The minimum Gasteiger partial charge on any atom is -0.396 e. The lowest BCUT2D eigenvalue weighted by molar-refractivity contribution is 0.0780. The van der Waals surface area contributed by atoms with Gasteiger partial charge in [0.05, 0.1) is 23.5 Å². The van der Waals surface area contributed by atoms with Gasteiger partial charge in [-0.15, -0.1) is 0 Å². The van der Waals surface area contributed by atoms with Crippen LogP contribution in [0.1, 0.15) is 21.6 Å². The first-order chi connectivity index (χ1) is 9.11. The van der Waals surface area contributed by atoms with E-state index in [0.29, 0.717) is 17.8 Å². The summed E-state index contributed by atoms with van der Waals surface area (Å²) in [5, 5.41) is 15.1. The highest BCUT2D eigenvalue weighted by Crippen LogP contribution is 2.12. The van der Waals surface area contributed by atoms with Crippen LogP contribution in [0.3, 0.4) is 0 Å². The van der Waals surface area contributed by atoms with Crippen LogP contribution in [0.5, 0.6) is 0 Å². The molecular weight excluding hydrogens is 242 g/mol. The Balaban J connectivity index is 2.13. The zero-order valence-electron chi connectivity index (χ0n) is 10.4. The Hall–Kier alpha value is -2.81. The van der Waals surface area contributed by atoms with E-state index in [1.807, 2.05) is 6.07 Å². The molecule has 0 saturated carbocycles. The van der Waals surface area contributed by atoms with Crippen LogP contribution in [0.2, 0.25) is 0 Å². The number of hydrogen-bond donors (Lipinski definition) is 2. The maximum atomic E-state index is 12.1. The van der Waals surface area contributed by atoms with Crippen LogP contribution >= 0.6 is 0 Å². The molecule has 6 heteroatoms. The Morgan fingerprint density at radius 1 is 1.58 bits per heavy atom. The van der Waals surface area contributed by atoms with Crippen molar-refractivity contribution in [2.75, 3.05) is 12.8 Å². The number of benzene rings is 1. The smallest absolute Gasteiger partial charge is 0.274 e. The quantitative estimate of drug-likeness (QED) is 0.858. The number of rotatable bonds is 3. The number of anilines is 1. The lowest BCUT2D eigenvalue weighted by Crippen LogP contribution is -2.27. The van der Waals surface area contributed by atoms with Crippen molar-refractivity contribution in [1.29, 1.82) is 5.26 Å². The molecule has 0 atom stereocenters. The van der Waals surface area contributed by atoms with Gasteiger partial charge < -0.3 is 10.6 Å². The molecule has 0 aliphatic heterocycles. The summed E-state index contributed by atoms with van der Waals surface area (Å²) in [6.45, 7) is 0.396. The van der Waals surface area contributed by atoms with Gasteiger partial charge in [0.1, 0.15) is 5.69 Å². The topological polar surface area (TPSA) is 98.8 Å². The summed E-state index contributed by atoms with van der Waals surface area (Å²) in [6.07, 6.45) is 1.40. The van der Waals surface area contributed by atoms with Gasteiger partial charge in [-0.05, 0) is 17.7 Å². The Morgan fingerprint density at radius 3 is 3.00 bits per heavy atom. The molecule has 1 aromatic heterocycles. The van der Waals surface area contributed by atoms with Gasteiger partial charge in [-0.25, -0.2) is 0 Å². The van der Waals surface area contributed by atoms with Crippen LogP contribution in [-0.2, 0) is 6.54 Å². The maximum absolute atomic E-state index is 12.1. The first kappa shape index (κ1) is 12.6. The Labute approximate surface area is 110 Å². The standard InChI is InChI=1S/C13H13N5O/c1-18(13(19)12-11(15)7-16-17-12)8-10-4-2-3-9(5-10)6-14/h2-5,7H,8,15H2,1H3,(H,16,17). The predicted molar refractivity (Wildman–Crippen MR) is 70.0 cm³/mol. The monoisotopic (exact) mass is 255 g/mol. The molecule has 19 heavy (non-hydrogen) atoms. The molecule has 3 N–H and O–H groups in total. The van der Waals surface area contributed by atoms with Crippen molar-refractivity contribution in [3.63, 3.8) is 0 Å². The average molecular weight is 255 g/mol. The summed E-state index contributed by atoms with van der Waals surface area (Å²) in [7, 11) is 1.67. The molecule has 0 spiro atoms. The summed E-state index contributed by atoms with van der Waals surface area (Å²) >= 11 is 0. The molecule has 1 aromatic carbocycles. The fraction of sp³-hybridized carbons (Fsp3) is 0.154. The van der Waals surface area contributed by atoms with Gasteiger partial charge >= 0.3 is 0 Å². The summed E-state index contributed by atoms with van der Waals surface area (Å²) < 4.78 is 0. The Morgan fingerprint density at radius 2 is 2.37 bits per heavy atom. The van der Waals surface area contributed by atoms with Crippen LogP contribution in [0.25, 0.3) is 0 Å². The highest BCUT2D eigenvalue weighted by molar-refractivity contribution is 5.96. The van der Waals surface area contributed by atoms with Crippen molar-refractivity contribution in [1.82, 2.24) is 15.1 Å². The summed E-state index contributed by atoms with van der Waals surface area (Å²) in [5.41, 5.74) is 7.68. The number of amides is 1. The number of nitriles is 1. The number of nitrogens with two attached hydrogens (primary N) is 1. The molecule has 2 aromatic rings. The number of carbonyl (C=O) groups is 1. The molecule has 2 rings (SSSR count). The number of nitrogens with zero attached hydrogens (tertiary/aromatic N) is 3. The normalized spacial score (nSPS) is 9.89. The van der Waals surface area contributed by atoms with Gasteiger partial charge in [-0.3, -0.25) is 9.89 Å². The summed E-state index contributed by atoms with van der Waals surface area (Å²) in [6, 6.07) is 9.19. The zero-order valence-corrected chi connectivity index (χ0v) is 10.4. The highest BCUT2D eigenvalue weighted by Gasteiger charge is 2.16. The number of H-pyrrole nitrogens is 1. The molecule has 0 aliphatic carbocycles. The van der Waals surface area contributed by atoms with Gasteiger partial charge in [0, 0.05) is 13.6 Å². The Kier molecular flexibility index (Phi) is 3.48. The SMILES string of the molecule is CN(Cc1cccc(C#N)c1)C(=O)c1[nH]ncc1N. The van der Waals surface area contributed by atoms with E-state index in [1.54, 1.807) is 25.2 Å². The number of nitrogens with one attached hydrogen (secondary N) is 1. The van der Waals surface area contributed by atoms with Crippen molar-refractivity contribution in [3.8, 4) is 6.07 Å². The van der Waals surface area contributed by atoms with Gasteiger partial charge in [0.2, 0.25) is 0 Å². The molecule has 0 unspecified atom stereocenters. The molecule has 1 heterocycles. The second-order valence-corrected chi connectivity index (χ2v) is 4.17. The van der Waals surface area contributed by atoms with Crippen molar-refractivity contribution in [2.45, 2.75) is 6.54 Å². The molecule has 1 amide bonds. The minimum atomic E-state index is -0.239. The van der Waals surface area contributed by atoms with E-state index in [4.69, 9.17) is 11.0 Å². The van der Waals surface area contributed by atoms with Crippen molar-refractivity contribution in [2.24, 2.45) is 0 Å². The number of aromatic amines is 1. The number of carbonyl (C=O) groups excluding carboxylic acids is 1. The average Bonchev–Trinajstić information content (AvgIpc) is 2.84. The third-order valence-electron chi connectivity index (χ3n) is 2.71. The predicted octanol–water partition coefficient (Wildman–Crippen LogP) is 1.14. The van der Waals surface area contributed by atoms with Crippen LogP contribution in [-0.4, -0.2) is 28.1 Å². The fourth-order valence-electron chi connectivity index (χ4n) is 1.74. The van der Waals surface area contributed by atoms with Crippen LogP contribution in [0.4, 0.5) is 5.69 Å². The second kappa shape index (κ2) is 5.23. The van der Waals surface area contributed by atoms with E-state index in [1.165, 1.54) is 11.1 Å². The van der Waals surface area contributed by atoms with Crippen molar-refractivity contribution < 1.29 is 4.79 Å². The van der Waals surface area contributed by atoms with Crippen molar-refractivity contribution >= 4 is 11.6 Å². The van der Waals surface area contributed by atoms with Crippen LogP contribution in [0.15, 0.2) is 30.5 Å². The second-order valence-electron chi connectivity index (χ2n) is 4.17. The summed E-state index contributed by atoms with van der Waals surface area (Å²) in [4.78, 5) is 13.6. The summed E-state index contributed by atoms with van der Waals surface area (Å²) in [5.74, 6) is -0.239. The lowest BCUT2D eigenvalue weighted by Gasteiger charge is -2.16. The van der Waals surface area contributed by atoms with E-state index >= 15 is 0 Å². The largest absolute Gasteiger partial charge is 0.396 e. The van der Waals surface area contributed by atoms with E-state index in [0.717, 1.165) is 5.56 Å². The molecule has 6 nitrogen and oxygen atoms in total. The van der Waals surface area contributed by atoms with Gasteiger partial charge in [-0.2, -0.15) is 10.4 Å². The molecule has 0 aliphatic rings. The highest BCUT2D eigenvalue weighted by atomic mass is 16.2. The molecule has 96 valence electrons. The van der Waals surface area contributed by atoms with E-state index < -0.39 is 0 Å². The van der Waals surface area contributed by atoms with Crippen LogP contribution < -0.4 is 5.73 Å². The molecule has 0 radical (unpaired) electrons. The van der Waals surface area contributed by atoms with E-state index in [9.17, 15) is 4.79 Å². The fourth-order valence-corrected chi connectivity index (χ4v) is 1.74. The third kappa shape index (κ3) is 2.72. The van der Waals surface area contributed by atoms with E-state index in [2.05, 4.69) is 16.3 Å². The number of nitrogen functional groups attached to an aromatic ring is 1. The number of hydrogen-bond acceptors (Lipinski definition) is 4. The third-order valence-corrected chi connectivity index (χ3v) is 2.71. The zero-order chi connectivity index (χ0) is 13.8. The first-order valence-corrected chi connectivity index (χ1v) is 5.65. The Bertz CT molecular complexity index is 640. The van der Waals surface area contributed by atoms with Gasteiger partial charge in [-0.1, -0.05) is 12.1 Å². The lowest BCUT2D eigenvalue weighted by atomic mass is 10.1. The van der Waals surface area contributed by atoms with Crippen molar-refractivity contribution in [3.05, 3.63) is 47.3 Å². The van der Waals surface area contributed by atoms with Gasteiger partial charge in [0.25, 0.3) is 5.91 Å². The minimum absolute atomic E-state index is 0.239. The van der Waals surface area contributed by atoms with E-state index in [-0.39, 0.29) is 11.6 Å². The maximum Gasteiger partial charge on any atom is 0.274 e. The molecule has 0 bridgehead atoms. The first-order valence-electron chi connectivity index (χ1n) is 5.65. The molecule has 0 fully saturated rings. The molecule has 0 saturated heterocycles. The van der Waals surface area contributed by atoms with Gasteiger partial charge in [0.15, 0.2) is 0 Å². The van der Waals surface area contributed by atoms with Crippen LogP contribution in [0, 0.1) is 11.3 Å². The number of aromatic nitrogens is 2.